The molecule has 1 aliphatic heterocycles. The Bertz CT molecular complexity index is 769. The topological polar surface area (TPSA) is 44.3 Å². The Balaban J connectivity index is 1.81. The van der Waals surface area contributed by atoms with Gasteiger partial charge in [-0.1, -0.05) is 6.92 Å². The number of hydrogen-bond acceptors (Lipinski definition) is 5. The first-order valence-electron chi connectivity index (χ1n) is 10.2. The fourth-order valence-corrected chi connectivity index (χ4v) is 3.84. The minimum absolute atomic E-state index is 0.703. The molecule has 0 bridgehead atoms. The third-order valence-corrected chi connectivity index (χ3v) is 5.38. The number of rotatable bonds is 6. The molecule has 1 atom stereocenters. The quantitative estimate of drug-likeness (QED) is 0.785. The normalized spacial score (nSPS) is 17.1. The molecule has 5 nitrogen and oxygen atoms in total. The summed E-state index contributed by atoms with van der Waals surface area (Å²) >= 11 is 0. The van der Waals surface area contributed by atoms with Crippen LogP contribution >= 0.6 is 0 Å². The van der Waals surface area contributed by atoms with E-state index in [1.165, 1.54) is 24.1 Å². The summed E-state index contributed by atoms with van der Waals surface area (Å²) in [6.07, 6.45) is 2.51. The maximum atomic E-state index is 4.81. The Hall–Kier alpha value is -2.30. The number of benzene rings is 1. The number of hydrogen-bond donors (Lipinski definition) is 1. The van der Waals surface area contributed by atoms with Crippen molar-refractivity contribution in [2.24, 2.45) is 5.92 Å². The van der Waals surface area contributed by atoms with Crippen molar-refractivity contribution in [2.45, 2.75) is 47.5 Å². The third kappa shape index (κ3) is 4.71. The van der Waals surface area contributed by atoms with Gasteiger partial charge in [-0.15, -0.1) is 0 Å². The first-order chi connectivity index (χ1) is 13.0. The van der Waals surface area contributed by atoms with Crippen LogP contribution in [-0.4, -0.2) is 36.1 Å². The van der Waals surface area contributed by atoms with Crippen molar-refractivity contribution in [3.05, 3.63) is 35.5 Å². The number of piperidine rings is 1. The highest BCUT2D eigenvalue weighted by atomic mass is 15.3. The Kier molecular flexibility index (Phi) is 6.19. The zero-order chi connectivity index (χ0) is 19.4. The van der Waals surface area contributed by atoms with Crippen LogP contribution in [0, 0.1) is 19.8 Å². The summed E-state index contributed by atoms with van der Waals surface area (Å²) < 4.78 is 0. The Morgan fingerprint density at radius 1 is 1.15 bits per heavy atom. The lowest BCUT2D eigenvalue weighted by Gasteiger charge is -2.31. The molecule has 1 N–H and O–H groups in total. The third-order valence-electron chi connectivity index (χ3n) is 5.38. The zero-order valence-corrected chi connectivity index (χ0v) is 17.4. The predicted molar refractivity (Wildman–Crippen MR) is 115 cm³/mol. The van der Waals surface area contributed by atoms with E-state index in [0.717, 1.165) is 49.3 Å². The highest BCUT2D eigenvalue weighted by molar-refractivity contribution is 5.66. The fourth-order valence-electron chi connectivity index (χ4n) is 3.84. The number of aromatic nitrogens is 2. The van der Waals surface area contributed by atoms with Gasteiger partial charge in [-0.25, -0.2) is 4.98 Å². The average molecular weight is 368 g/mol. The predicted octanol–water partition coefficient (Wildman–Crippen LogP) is 4.92. The van der Waals surface area contributed by atoms with Gasteiger partial charge in [-0.3, -0.25) is 0 Å². The molecule has 3 rings (SSSR count). The smallest absolute Gasteiger partial charge is 0.227 e. The molecule has 0 amide bonds. The Morgan fingerprint density at radius 3 is 2.59 bits per heavy atom. The highest BCUT2D eigenvalue weighted by Crippen LogP contribution is 2.27. The minimum Gasteiger partial charge on any atom is -0.372 e. The summed E-state index contributed by atoms with van der Waals surface area (Å²) in [5, 5.41) is 3.51. The zero-order valence-electron chi connectivity index (χ0n) is 17.4. The van der Waals surface area contributed by atoms with E-state index in [1.807, 2.05) is 13.0 Å². The lowest BCUT2D eigenvalue weighted by Crippen LogP contribution is -2.35. The maximum absolute atomic E-state index is 4.81. The molecule has 1 aliphatic rings. The van der Waals surface area contributed by atoms with Crippen LogP contribution < -0.4 is 15.1 Å². The fraction of sp³-hybridized carbons (Fsp3) is 0.545. The van der Waals surface area contributed by atoms with E-state index in [0.29, 0.717) is 5.92 Å². The first-order valence-corrected chi connectivity index (χ1v) is 10.2. The summed E-state index contributed by atoms with van der Waals surface area (Å²) in [7, 11) is 0. The van der Waals surface area contributed by atoms with Crippen LogP contribution in [0.5, 0.6) is 0 Å². The molecular formula is C22H33N5. The number of anilines is 4. The van der Waals surface area contributed by atoms with Gasteiger partial charge in [0.1, 0.15) is 5.82 Å². The molecule has 146 valence electrons. The summed E-state index contributed by atoms with van der Waals surface area (Å²) in [5.74, 6) is 2.42. The molecule has 1 saturated heterocycles. The Morgan fingerprint density at radius 2 is 1.93 bits per heavy atom. The molecule has 27 heavy (non-hydrogen) atoms. The van der Waals surface area contributed by atoms with Gasteiger partial charge in [0.25, 0.3) is 0 Å². The van der Waals surface area contributed by atoms with Crippen LogP contribution in [0.2, 0.25) is 0 Å². The van der Waals surface area contributed by atoms with Crippen molar-refractivity contribution in [1.29, 1.82) is 0 Å². The first kappa shape index (κ1) is 19.5. The van der Waals surface area contributed by atoms with E-state index < -0.39 is 0 Å². The molecule has 0 spiro atoms. The maximum Gasteiger partial charge on any atom is 0.227 e. The van der Waals surface area contributed by atoms with Gasteiger partial charge >= 0.3 is 0 Å². The van der Waals surface area contributed by atoms with E-state index in [2.05, 4.69) is 66.0 Å². The molecule has 1 fully saturated rings. The molecule has 5 heteroatoms. The second kappa shape index (κ2) is 8.59. The van der Waals surface area contributed by atoms with Gasteiger partial charge in [0, 0.05) is 49.3 Å². The van der Waals surface area contributed by atoms with E-state index in [4.69, 9.17) is 4.98 Å². The Labute approximate surface area is 163 Å². The summed E-state index contributed by atoms with van der Waals surface area (Å²) in [6, 6.07) is 8.61. The molecule has 1 aromatic carbocycles. The van der Waals surface area contributed by atoms with Gasteiger partial charge < -0.3 is 15.1 Å². The van der Waals surface area contributed by atoms with Crippen LogP contribution in [-0.2, 0) is 0 Å². The highest BCUT2D eigenvalue weighted by Gasteiger charge is 2.19. The number of aryl methyl sites for hydroxylation is 2. The molecule has 2 aromatic rings. The number of nitrogens with one attached hydrogen (secondary N) is 1. The van der Waals surface area contributed by atoms with Crippen molar-refractivity contribution >= 4 is 23.1 Å². The molecule has 0 aliphatic carbocycles. The van der Waals surface area contributed by atoms with E-state index in [1.54, 1.807) is 0 Å². The van der Waals surface area contributed by atoms with Crippen molar-refractivity contribution in [3.63, 3.8) is 0 Å². The van der Waals surface area contributed by atoms with Gasteiger partial charge in [-0.05, 0) is 70.2 Å². The second-order valence-electron chi connectivity index (χ2n) is 7.68. The van der Waals surface area contributed by atoms with Crippen LogP contribution in [0.15, 0.2) is 24.3 Å². The van der Waals surface area contributed by atoms with Crippen LogP contribution in [0.25, 0.3) is 0 Å². The van der Waals surface area contributed by atoms with E-state index in [-0.39, 0.29) is 0 Å². The van der Waals surface area contributed by atoms with Gasteiger partial charge in [0.05, 0.1) is 0 Å². The standard InChI is InChI=1S/C22H33N5/c1-6-26(7-2)19-10-11-20(17(4)13-19)24-21-14-18(5)23-22(25-21)27-12-8-9-16(3)15-27/h10-11,13-14,16H,6-9,12,15H2,1-5H3,(H,23,24,25). The van der Waals surface area contributed by atoms with Gasteiger partial charge in [0.2, 0.25) is 5.95 Å². The van der Waals surface area contributed by atoms with E-state index in [9.17, 15) is 0 Å². The molecule has 0 saturated carbocycles. The summed E-state index contributed by atoms with van der Waals surface area (Å²) in [5.41, 5.74) is 4.59. The number of nitrogens with zero attached hydrogens (tertiary/aromatic N) is 4. The van der Waals surface area contributed by atoms with Crippen molar-refractivity contribution in [1.82, 2.24) is 9.97 Å². The summed E-state index contributed by atoms with van der Waals surface area (Å²) in [6.45, 7) is 15.0. The lowest BCUT2D eigenvalue weighted by atomic mass is 10.0. The van der Waals surface area contributed by atoms with Gasteiger partial charge in [-0.2, -0.15) is 4.98 Å². The van der Waals surface area contributed by atoms with Crippen LogP contribution in [0.3, 0.4) is 0 Å². The van der Waals surface area contributed by atoms with Crippen molar-refractivity contribution in [3.8, 4) is 0 Å². The summed E-state index contributed by atoms with van der Waals surface area (Å²) in [4.78, 5) is 14.2. The second-order valence-corrected chi connectivity index (χ2v) is 7.68. The molecule has 1 aromatic heterocycles. The molecule has 2 heterocycles. The SMILES string of the molecule is CCN(CC)c1ccc(Nc2cc(C)nc(N3CCCC(C)C3)n2)c(C)c1. The monoisotopic (exact) mass is 367 g/mol. The molecule has 1 unspecified atom stereocenters. The van der Waals surface area contributed by atoms with Gasteiger partial charge in [0.15, 0.2) is 0 Å². The molecule has 0 radical (unpaired) electrons. The van der Waals surface area contributed by atoms with E-state index >= 15 is 0 Å². The van der Waals surface area contributed by atoms with Crippen molar-refractivity contribution in [2.75, 3.05) is 41.3 Å². The molecular weight excluding hydrogens is 334 g/mol. The minimum atomic E-state index is 0.703. The largest absolute Gasteiger partial charge is 0.372 e. The van der Waals surface area contributed by atoms with Crippen LogP contribution in [0.1, 0.15) is 44.9 Å². The average Bonchev–Trinajstić information content (AvgIpc) is 2.64. The lowest BCUT2D eigenvalue weighted by molar-refractivity contribution is 0.442. The van der Waals surface area contributed by atoms with Crippen molar-refractivity contribution < 1.29 is 0 Å². The van der Waals surface area contributed by atoms with Crippen LogP contribution in [0.4, 0.5) is 23.1 Å².